The Morgan fingerprint density at radius 2 is 1.88 bits per heavy atom. The largest absolute Gasteiger partial charge is 0.351 e. The predicted octanol–water partition coefficient (Wildman–Crippen LogP) is 4.77. The minimum Gasteiger partial charge on any atom is -0.351 e. The van der Waals surface area contributed by atoms with E-state index < -0.39 is 0 Å². The lowest BCUT2D eigenvalue weighted by atomic mass is 10.0. The number of likely N-dealkylation sites (tertiary alicyclic amines) is 1. The Morgan fingerprint density at radius 3 is 2.61 bits per heavy atom. The molecule has 0 spiro atoms. The molecular weight excluding hydrogens is 412 g/mol. The zero-order valence-corrected chi connectivity index (χ0v) is 19.6. The van der Waals surface area contributed by atoms with Gasteiger partial charge in [0.05, 0.1) is 16.8 Å². The number of nitrogens with zero attached hydrogens (tertiary/aromatic N) is 2. The van der Waals surface area contributed by atoms with Crippen molar-refractivity contribution >= 4 is 28.4 Å². The van der Waals surface area contributed by atoms with Crippen LogP contribution < -0.4 is 10.6 Å². The maximum absolute atomic E-state index is 13.2. The molecule has 3 aromatic rings. The fourth-order valence-corrected chi connectivity index (χ4v) is 4.50. The summed E-state index contributed by atoms with van der Waals surface area (Å²) in [6.07, 6.45) is 3.75. The zero-order valence-electron chi connectivity index (χ0n) is 19.6. The molecule has 2 aromatic carbocycles. The highest BCUT2D eigenvalue weighted by atomic mass is 16.2. The van der Waals surface area contributed by atoms with Crippen molar-refractivity contribution in [2.45, 2.75) is 46.1 Å². The lowest BCUT2D eigenvalue weighted by molar-refractivity contribution is -0.114. The van der Waals surface area contributed by atoms with Crippen LogP contribution in [-0.2, 0) is 4.79 Å². The molecule has 6 nitrogen and oxygen atoms in total. The molecule has 172 valence electrons. The molecule has 1 unspecified atom stereocenters. The molecular formula is C27H32N4O2. The molecule has 1 aliphatic heterocycles. The number of carbonyl (C=O) groups excluding carboxylic acids is 2. The first-order valence-electron chi connectivity index (χ1n) is 11.7. The van der Waals surface area contributed by atoms with Gasteiger partial charge >= 0.3 is 0 Å². The summed E-state index contributed by atoms with van der Waals surface area (Å²) in [4.78, 5) is 31.8. The Balaban J connectivity index is 1.58. The van der Waals surface area contributed by atoms with Gasteiger partial charge in [0.25, 0.3) is 5.91 Å². The zero-order chi connectivity index (χ0) is 23.4. The van der Waals surface area contributed by atoms with Crippen molar-refractivity contribution in [3.63, 3.8) is 0 Å². The highest BCUT2D eigenvalue weighted by Crippen LogP contribution is 2.27. The van der Waals surface area contributed by atoms with E-state index in [0.717, 1.165) is 46.5 Å². The van der Waals surface area contributed by atoms with Gasteiger partial charge in [-0.1, -0.05) is 30.2 Å². The first-order valence-corrected chi connectivity index (χ1v) is 11.7. The van der Waals surface area contributed by atoms with Crippen LogP contribution in [0.15, 0.2) is 48.5 Å². The third kappa shape index (κ3) is 5.57. The van der Waals surface area contributed by atoms with Crippen LogP contribution in [0.1, 0.15) is 49.0 Å². The SMILES string of the molecule is CC(=O)Nc1ccc(-c2cc(C(=O)NCCN3CCCCC3C)c3cc(C)ccc3n2)cc1. The van der Waals surface area contributed by atoms with E-state index in [0.29, 0.717) is 18.2 Å². The van der Waals surface area contributed by atoms with E-state index in [1.165, 1.54) is 26.2 Å². The number of aromatic nitrogens is 1. The minimum atomic E-state index is -0.111. The number of rotatable bonds is 6. The molecule has 33 heavy (non-hydrogen) atoms. The molecule has 4 rings (SSSR count). The van der Waals surface area contributed by atoms with Crippen LogP contribution in [-0.4, -0.2) is 47.4 Å². The number of nitrogens with one attached hydrogen (secondary N) is 2. The van der Waals surface area contributed by atoms with Gasteiger partial charge in [-0.15, -0.1) is 0 Å². The molecule has 1 aliphatic rings. The maximum atomic E-state index is 13.2. The van der Waals surface area contributed by atoms with Gasteiger partial charge in [-0.05, 0) is 63.6 Å². The molecule has 2 N–H and O–H groups in total. The molecule has 1 aromatic heterocycles. The van der Waals surface area contributed by atoms with E-state index in [1.54, 1.807) is 0 Å². The highest BCUT2D eigenvalue weighted by Gasteiger charge is 2.19. The fourth-order valence-electron chi connectivity index (χ4n) is 4.50. The van der Waals surface area contributed by atoms with Gasteiger partial charge in [0.1, 0.15) is 0 Å². The number of benzene rings is 2. The lowest BCUT2D eigenvalue weighted by Crippen LogP contribution is -2.42. The first-order chi connectivity index (χ1) is 15.9. The van der Waals surface area contributed by atoms with E-state index in [-0.39, 0.29) is 11.8 Å². The number of fused-ring (bicyclic) bond motifs is 1. The Kier molecular flexibility index (Phi) is 7.04. The molecule has 0 saturated carbocycles. The van der Waals surface area contributed by atoms with Gasteiger partial charge in [0.2, 0.25) is 5.91 Å². The number of amides is 2. The van der Waals surface area contributed by atoms with Crippen molar-refractivity contribution in [3.05, 3.63) is 59.7 Å². The van der Waals surface area contributed by atoms with Crippen LogP contribution in [0, 0.1) is 6.92 Å². The molecule has 1 atom stereocenters. The van der Waals surface area contributed by atoms with Crippen molar-refractivity contribution in [2.75, 3.05) is 25.0 Å². The van der Waals surface area contributed by atoms with Gasteiger partial charge in [-0.25, -0.2) is 4.98 Å². The summed E-state index contributed by atoms with van der Waals surface area (Å²) in [5.41, 5.74) is 4.87. The Bertz CT molecular complexity index is 1160. The smallest absolute Gasteiger partial charge is 0.252 e. The summed E-state index contributed by atoms with van der Waals surface area (Å²) in [5.74, 6) is -0.186. The standard InChI is InChI=1S/C27H32N4O2/c1-18-7-12-25-23(16-18)24(27(33)28-13-15-31-14-5-4-6-19(31)2)17-26(30-25)21-8-10-22(11-9-21)29-20(3)32/h7-12,16-17,19H,4-6,13-15H2,1-3H3,(H,28,33)(H,29,32). The van der Waals surface area contributed by atoms with Crippen LogP contribution >= 0.6 is 0 Å². The number of carbonyl (C=O) groups is 2. The number of piperidine rings is 1. The van der Waals surface area contributed by atoms with Crippen molar-refractivity contribution in [1.82, 2.24) is 15.2 Å². The first kappa shape index (κ1) is 22.9. The molecule has 0 bridgehead atoms. The average Bonchev–Trinajstić information content (AvgIpc) is 2.79. The molecule has 2 amide bonds. The monoisotopic (exact) mass is 444 g/mol. The normalized spacial score (nSPS) is 16.5. The number of aryl methyl sites for hydroxylation is 1. The van der Waals surface area contributed by atoms with Gasteiger partial charge in [-0.2, -0.15) is 0 Å². The molecule has 0 radical (unpaired) electrons. The van der Waals surface area contributed by atoms with Crippen LogP contribution in [0.2, 0.25) is 0 Å². The maximum Gasteiger partial charge on any atom is 0.252 e. The van der Waals surface area contributed by atoms with Crippen molar-refractivity contribution in [2.24, 2.45) is 0 Å². The topological polar surface area (TPSA) is 74.3 Å². The number of hydrogen-bond acceptors (Lipinski definition) is 4. The van der Waals surface area contributed by atoms with Crippen molar-refractivity contribution in [1.29, 1.82) is 0 Å². The predicted molar refractivity (Wildman–Crippen MR) is 133 cm³/mol. The molecule has 1 saturated heterocycles. The van der Waals surface area contributed by atoms with Gasteiger partial charge in [0, 0.05) is 42.7 Å². The van der Waals surface area contributed by atoms with Gasteiger partial charge < -0.3 is 10.6 Å². The molecule has 0 aliphatic carbocycles. The third-order valence-corrected chi connectivity index (χ3v) is 6.33. The average molecular weight is 445 g/mol. The van der Waals surface area contributed by atoms with Crippen LogP contribution in [0.5, 0.6) is 0 Å². The summed E-state index contributed by atoms with van der Waals surface area (Å²) in [7, 11) is 0. The van der Waals surface area contributed by atoms with Crippen molar-refractivity contribution < 1.29 is 9.59 Å². The third-order valence-electron chi connectivity index (χ3n) is 6.33. The van der Waals surface area contributed by atoms with Crippen LogP contribution in [0.3, 0.4) is 0 Å². The number of pyridine rings is 1. The van der Waals surface area contributed by atoms with Crippen LogP contribution in [0.4, 0.5) is 5.69 Å². The Hall–Kier alpha value is -3.25. The van der Waals surface area contributed by atoms with Gasteiger partial charge in [-0.3, -0.25) is 14.5 Å². The minimum absolute atomic E-state index is 0.0752. The molecule has 1 fully saturated rings. The second-order valence-corrected chi connectivity index (χ2v) is 8.97. The molecule has 6 heteroatoms. The number of hydrogen-bond donors (Lipinski definition) is 2. The van der Waals surface area contributed by atoms with E-state index in [9.17, 15) is 9.59 Å². The Morgan fingerprint density at radius 1 is 1.09 bits per heavy atom. The summed E-state index contributed by atoms with van der Waals surface area (Å²) < 4.78 is 0. The van der Waals surface area contributed by atoms with Gasteiger partial charge in [0.15, 0.2) is 0 Å². The van der Waals surface area contributed by atoms with Crippen molar-refractivity contribution in [3.8, 4) is 11.3 Å². The number of anilines is 1. The van der Waals surface area contributed by atoms with E-state index in [1.807, 2.05) is 55.5 Å². The quantitative estimate of drug-likeness (QED) is 0.574. The summed E-state index contributed by atoms with van der Waals surface area (Å²) in [5, 5.41) is 6.77. The second-order valence-electron chi connectivity index (χ2n) is 8.97. The van der Waals surface area contributed by atoms with E-state index >= 15 is 0 Å². The summed E-state index contributed by atoms with van der Waals surface area (Å²) >= 11 is 0. The Labute approximate surface area is 195 Å². The summed E-state index contributed by atoms with van der Waals surface area (Å²) in [6, 6.07) is 16.0. The van der Waals surface area contributed by atoms with E-state index in [4.69, 9.17) is 4.98 Å². The molecule has 2 heterocycles. The van der Waals surface area contributed by atoms with E-state index in [2.05, 4.69) is 22.5 Å². The fraction of sp³-hybridized carbons (Fsp3) is 0.370. The second kappa shape index (κ2) is 10.1. The van der Waals surface area contributed by atoms with Crippen LogP contribution in [0.25, 0.3) is 22.2 Å². The lowest BCUT2D eigenvalue weighted by Gasteiger charge is -2.33. The highest BCUT2D eigenvalue weighted by molar-refractivity contribution is 6.07. The summed E-state index contributed by atoms with van der Waals surface area (Å²) in [6.45, 7) is 8.37.